The fourth-order valence-electron chi connectivity index (χ4n) is 3.81. The van der Waals surface area contributed by atoms with Crippen molar-refractivity contribution in [3.63, 3.8) is 0 Å². The van der Waals surface area contributed by atoms with Crippen LogP contribution in [0.15, 0.2) is 65.4 Å². The largest absolute Gasteiger partial charge is 0.382 e. The van der Waals surface area contributed by atoms with Crippen LogP contribution in [0.5, 0.6) is 0 Å². The molecule has 8 heteroatoms. The van der Waals surface area contributed by atoms with Crippen LogP contribution in [-0.2, 0) is 10.2 Å². The summed E-state index contributed by atoms with van der Waals surface area (Å²) in [4.78, 5) is 28.3. The number of carbonyl (C=O) groups excluding carboxylic acids is 1. The summed E-state index contributed by atoms with van der Waals surface area (Å²) in [6.07, 6.45) is 4.35. The van der Waals surface area contributed by atoms with Crippen LogP contribution in [-0.4, -0.2) is 44.0 Å². The van der Waals surface area contributed by atoms with Crippen molar-refractivity contribution >= 4 is 11.7 Å². The summed E-state index contributed by atoms with van der Waals surface area (Å²) >= 11 is 0. The highest BCUT2D eigenvalue weighted by atomic mass is 16.5. The summed E-state index contributed by atoms with van der Waals surface area (Å²) in [5, 5.41) is 4.15. The standard InChI is InChI=1S/C25H24N6O2/c1-25(2,24(32)31-11-6-12-31)21-13-17(9-10-27-21)19-15-28-23(26)22(29-19)20-14-18(30-33-20)16-7-4-3-5-8-16/h3-5,7-10,13-15H,6,11-12H2,1-2H3,(H2,26,28). The first-order valence-corrected chi connectivity index (χ1v) is 10.8. The molecule has 2 N–H and O–H groups in total. The molecule has 1 aliphatic heterocycles. The monoisotopic (exact) mass is 440 g/mol. The van der Waals surface area contributed by atoms with Gasteiger partial charge in [-0.25, -0.2) is 9.97 Å². The number of benzene rings is 1. The summed E-state index contributed by atoms with van der Waals surface area (Å²) in [5.74, 6) is 0.762. The van der Waals surface area contributed by atoms with Crippen molar-refractivity contribution in [2.45, 2.75) is 25.7 Å². The van der Waals surface area contributed by atoms with Gasteiger partial charge in [-0.05, 0) is 32.4 Å². The molecule has 0 radical (unpaired) electrons. The number of carbonyl (C=O) groups is 1. The van der Waals surface area contributed by atoms with E-state index >= 15 is 0 Å². The minimum atomic E-state index is -0.740. The van der Waals surface area contributed by atoms with Gasteiger partial charge in [-0.1, -0.05) is 35.5 Å². The number of likely N-dealkylation sites (tertiary alicyclic amines) is 1. The number of hydrogen-bond donors (Lipinski definition) is 1. The van der Waals surface area contributed by atoms with Crippen molar-refractivity contribution in [3.8, 4) is 34.0 Å². The van der Waals surface area contributed by atoms with Gasteiger partial charge in [0.15, 0.2) is 17.3 Å². The van der Waals surface area contributed by atoms with E-state index in [1.807, 2.05) is 61.2 Å². The zero-order valence-electron chi connectivity index (χ0n) is 18.5. The van der Waals surface area contributed by atoms with Crippen molar-refractivity contribution < 1.29 is 9.32 Å². The fourth-order valence-corrected chi connectivity index (χ4v) is 3.81. The van der Waals surface area contributed by atoms with E-state index in [2.05, 4.69) is 15.1 Å². The number of rotatable bonds is 5. The predicted octanol–water partition coefficient (Wildman–Crippen LogP) is 3.95. The number of nitrogen functional groups attached to an aromatic ring is 1. The van der Waals surface area contributed by atoms with Crippen LogP contribution in [0.3, 0.4) is 0 Å². The van der Waals surface area contributed by atoms with E-state index < -0.39 is 5.41 Å². The smallest absolute Gasteiger partial charge is 0.234 e. The molecule has 0 atom stereocenters. The van der Waals surface area contributed by atoms with Crippen LogP contribution in [0.1, 0.15) is 26.0 Å². The van der Waals surface area contributed by atoms with Gasteiger partial charge < -0.3 is 15.2 Å². The second-order valence-corrected chi connectivity index (χ2v) is 8.63. The molecule has 1 fully saturated rings. The first-order chi connectivity index (χ1) is 15.9. The maximum Gasteiger partial charge on any atom is 0.234 e. The molecule has 0 aliphatic carbocycles. The molecule has 33 heavy (non-hydrogen) atoms. The molecule has 5 rings (SSSR count). The summed E-state index contributed by atoms with van der Waals surface area (Å²) in [7, 11) is 0. The van der Waals surface area contributed by atoms with E-state index in [0.717, 1.165) is 30.6 Å². The topological polar surface area (TPSA) is 111 Å². The van der Waals surface area contributed by atoms with Gasteiger partial charge in [0.2, 0.25) is 5.91 Å². The maximum atomic E-state index is 12.9. The van der Waals surface area contributed by atoms with Crippen molar-refractivity contribution in [1.82, 2.24) is 25.0 Å². The van der Waals surface area contributed by atoms with Gasteiger partial charge in [0.1, 0.15) is 5.69 Å². The lowest BCUT2D eigenvalue weighted by atomic mass is 9.85. The van der Waals surface area contributed by atoms with Gasteiger partial charge in [-0.15, -0.1) is 0 Å². The van der Waals surface area contributed by atoms with E-state index in [4.69, 9.17) is 15.2 Å². The lowest BCUT2D eigenvalue weighted by Crippen LogP contribution is -2.50. The Balaban J connectivity index is 1.48. The Bertz CT molecular complexity index is 1310. The van der Waals surface area contributed by atoms with E-state index in [1.54, 1.807) is 18.5 Å². The zero-order chi connectivity index (χ0) is 23.0. The number of nitrogens with zero attached hydrogens (tertiary/aromatic N) is 5. The second-order valence-electron chi connectivity index (χ2n) is 8.63. The molecule has 166 valence electrons. The van der Waals surface area contributed by atoms with Crippen LogP contribution in [0.2, 0.25) is 0 Å². The molecule has 1 amide bonds. The average molecular weight is 441 g/mol. The molecule has 1 aromatic carbocycles. The quantitative estimate of drug-likeness (QED) is 0.500. The molecule has 0 unspecified atom stereocenters. The molecule has 0 saturated carbocycles. The molecular weight excluding hydrogens is 416 g/mol. The third-order valence-electron chi connectivity index (χ3n) is 5.99. The van der Waals surface area contributed by atoms with E-state index in [0.29, 0.717) is 28.5 Å². The summed E-state index contributed by atoms with van der Waals surface area (Å²) in [5.41, 5.74) is 9.49. The normalized spacial score (nSPS) is 13.6. The third-order valence-corrected chi connectivity index (χ3v) is 5.99. The Morgan fingerprint density at radius 2 is 1.82 bits per heavy atom. The summed E-state index contributed by atoms with van der Waals surface area (Å²) in [6, 6.07) is 15.3. The number of aromatic nitrogens is 4. The predicted molar refractivity (Wildman–Crippen MR) is 125 cm³/mol. The Morgan fingerprint density at radius 1 is 1.03 bits per heavy atom. The number of anilines is 1. The van der Waals surface area contributed by atoms with Crippen molar-refractivity contribution in [2.24, 2.45) is 0 Å². The first kappa shape index (κ1) is 20.8. The zero-order valence-corrected chi connectivity index (χ0v) is 18.5. The Hall–Kier alpha value is -4.07. The third kappa shape index (κ3) is 3.84. The molecule has 4 aromatic rings. The van der Waals surface area contributed by atoms with Crippen molar-refractivity contribution in [1.29, 1.82) is 0 Å². The van der Waals surface area contributed by atoms with E-state index in [-0.39, 0.29) is 11.7 Å². The molecule has 8 nitrogen and oxygen atoms in total. The summed E-state index contributed by atoms with van der Waals surface area (Å²) < 4.78 is 5.54. The minimum Gasteiger partial charge on any atom is -0.382 e. The van der Waals surface area contributed by atoms with Gasteiger partial charge in [0.05, 0.1) is 23.0 Å². The van der Waals surface area contributed by atoms with Gasteiger partial charge in [0.25, 0.3) is 0 Å². The molecule has 1 aliphatic rings. The number of pyridine rings is 1. The molecule has 0 spiro atoms. The van der Waals surface area contributed by atoms with Gasteiger partial charge >= 0.3 is 0 Å². The lowest BCUT2D eigenvalue weighted by molar-refractivity contribution is -0.139. The van der Waals surface area contributed by atoms with Crippen molar-refractivity contribution in [3.05, 3.63) is 66.6 Å². The Kier molecular flexibility index (Phi) is 5.12. The SMILES string of the molecule is CC(C)(C(=O)N1CCC1)c1cc(-c2cnc(N)c(-c3cc(-c4ccccc4)no3)n2)ccn1. The van der Waals surface area contributed by atoms with Gasteiger partial charge in [-0.2, -0.15) is 0 Å². The molecule has 4 heterocycles. The van der Waals surface area contributed by atoms with Crippen LogP contribution in [0.25, 0.3) is 34.0 Å². The first-order valence-electron chi connectivity index (χ1n) is 10.8. The molecule has 0 bridgehead atoms. The van der Waals surface area contributed by atoms with E-state index in [1.165, 1.54) is 0 Å². The maximum absolute atomic E-state index is 12.9. The van der Waals surface area contributed by atoms with Gasteiger partial charge in [0, 0.05) is 36.5 Å². The average Bonchev–Trinajstić information content (AvgIpc) is 3.29. The Labute approximate surface area is 191 Å². The van der Waals surface area contributed by atoms with Crippen LogP contribution in [0.4, 0.5) is 5.82 Å². The van der Waals surface area contributed by atoms with Crippen molar-refractivity contribution in [2.75, 3.05) is 18.8 Å². The molecule has 1 saturated heterocycles. The van der Waals surface area contributed by atoms with Crippen LogP contribution < -0.4 is 5.73 Å². The minimum absolute atomic E-state index is 0.0811. The highest BCUT2D eigenvalue weighted by molar-refractivity contribution is 5.87. The highest BCUT2D eigenvalue weighted by Gasteiger charge is 2.37. The van der Waals surface area contributed by atoms with Gasteiger partial charge in [-0.3, -0.25) is 9.78 Å². The number of nitrogens with two attached hydrogens (primary N) is 1. The Morgan fingerprint density at radius 3 is 2.55 bits per heavy atom. The summed E-state index contributed by atoms with van der Waals surface area (Å²) in [6.45, 7) is 5.41. The van der Waals surface area contributed by atoms with E-state index in [9.17, 15) is 4.79 Å². The fraction of sp³-hybridized carbons (Fsp3) is 0.240. The number of hydrogen-bond acceptors (Lipinski definition) is 7. The second kappa shape index (κ2) is 8.12. The molecule has 3 aromatic heterocycles. The number of amides is 1. The highest BCUT2D eigenvalue weighted by Crippen LogP contribution is 2.32. The van der Waals surface area contributed by atoms with Crippen LogP contribution in [0, 0.1) is 0 Å². The lowest BCUT2D eigenvalue weighted by Gasteiger charge is -2.37. The van der Waals surface area contributed by atoms with Crippen LogP contribution >= 0.6 is 0 Å². The molecular formula is C25H24N6O2.